The van der Waals surface area contributed by atoms with Gasteiger partial charge in [0.15, 0.2) is 0 Å². The summed E-state index contributed by atoms with van der Waals surface area (Å²) in [7, 11) is 0. The molecule has 11 heteroatoms. The molecule has 160 valence electrons. The molecule has 1 amide bonds. The van der Waals surface area contributed by atoms with E-state index in [-0.39, 0.29) is 16.2 Å². The Labute approximate surface area is 165 Å². The zero-order valence-corrected chi connectivity index (χ0v) is 16.0. The molecule has 0 aliphatic rings. The van der Waals surface area contributed by atoms with Gasteiger partial charge in [0.2, 0.25) is 0 Å². The van der Waals surface area contributed by atoms with Crippen molar-refractivity contribution in [3.05, 3.63) is 29.8 Å². The first-order valence-electron chi connectivity index (χ1n) is 8.38. The van der Waals surface area contributed by atoms with Crippen molar-refractivity contribution >= 4 is 24.0 Å². The molecule has 0 bridgehead atoms. The normalized spacial score (nSPS) is 14.3. The number of aromatic hydroxyl groups is 1. The smallest absolute Gasteiger partial charge is 0.413 e. The summed E-state index contributed by atoms with van der Waals surface area (Å²) in [4.78, 5) is 47.4. The van der Waals surface area contributed by atoms with Crippen LogP contribution in [-0.2, 0) is 25.5 Å². The van der Waals surface area contributed by atoms with Crippen LogP contribution in [0.15, 0.2) is 24.3 Å². The second kappa shape index (κ2) is 8.78. The average Bonchev–Trinajstić information content (AvgIpc) is 2.53. The Bertz CT molecular complexity index is 783. The summed E-state index contributed by atoms with van der Waals surface area (Å²) in [5.74, 6) is -5.73. The molecule has 0 fully saturated rings. The molecule has 2 atom stereocenters. The van der Waals surface area contributed by atoms with Crippen molar-refractivity contribution in [2.75, 3.05) is 0 Å². The van der Waals surface area contributed by atoms with E-state index in [0.717, 1.165) is 0 Å². The van der Waals surface area contributed by atoms with Gasteiger partial charge in [0.05, 0.1) is 0 Å². The van der Waals surface area contributed by atoms with Gasteiger partial charge in [-0.3, -0.25) is 9.69 Å². The molecular weight excluding hydrogens is 390 g/mol. The summed E-state index contributed by atoms with van der Waals surface area (Å²) in [6.45, 7) is 4.28. The van der Waals surface area contributed by atoms with Gasteiger partial charge in [-0.15, -0.1) is 0 Å². The van der Waals surface area contributed by atoms with Gasteiger partial charge < -0.3 is 30.3 Å². The fraction of sp³-hybridized carbons (Fsp3) is 0.444. The molecule has 1 rings (SSSR count). The van der Waals surface area contributed by atoms with Crippen LogP contribution < -0.4 is 0 Å². The molecule has 0 spiro atoms. The molecule has 11 nitrogen and oxygen atoms in total. The predicted octanol–water partition coefficient (Wildman–Crippen LogP) is 0.873. The van der Waals surface area contributed by atoms with E-state index in [1.807, 2.05) is 0 Å². The molecule has 0 heterocycles. The number of amides is 1. The molecule has 1 aromatic rings. The molecule has 1 unspecified atom stereocenters. The minimum Gasteiger partial charge on any atom is -0.508 e. The third-order valence-corrected chi connectivity index (χ3v) is 3.69. The molecule has 0 saturated carbocycles. The largest absolute Gasteiger partial charge is 0.508 e. The van der Waals surface area contributed by atoms with Crippen LogP contribution in [0.4, 0.5) is 4.79 Å². The third-order valence-electron chi connectivity index (χ3n) is 3.69. The SMILES string of the molecule is CC(C)(C)OC(=O)N([C@@H](Cc1ccc(O)cc1)C(=O)O)C(O)(CC(=O)O)C(=O)O. The minimum absolute atomic E-state index is 0.00386. The van der Waals surface area contributed by atoms with Crippen LogP contribution in [0.2, 0.25) is 0 Å². The van der Waals surface area contributed by atoms with E-state index < -0.39 is 54.2 Å². The summed E-state index contributed by atoms with van der Waals surface area (Å²) in [6, 6.07) is 3.15. The number of aliphatic carboxylic acids is 3. The lowest BCUT2D eigenvalue weighted by molar-refractivity contribution is -0.194. The molecule has 0 aliphatic carbocycles. The third kappa shape index (κ3) is 6.35. The summed E-state index contributed by atoms with van der Waals surface area (Å²) in [5.41, 5.74) is -4.32. The zero-order valence-electron chi connectivity index (χ0n) is 16.0. The molecule has 1 aromatic carbocycles. The number of hydrogen-bond donors (Lipinski definition) is 5. The molecular formula is C18H23NO10. The maximum atomic E-state index is 12.7. The maximum absolute atomic E-state index is 12.7. The first-order valence-corrected chi connectivity index (χ1v) is 8.38. The van der Waals surface area contributed by atoms with Crippen LogP contribution in [0.3, 0.4) is 0 Å². The number of rotatable bonds is 8. The number of aliphatic hydroxyl groups is 1. The molecule has 0 aliphatic heterocycles. The highest BCUT2D eigenvalue weighted by Gasteiger charge is 2.53. The Morgan fingerprint density at radius 1 is 1.03 bits per heavy atom. The summed E-state index contributed by atoms with van der Waals surface area (Å²) < 4.78 is 5.03. The fourth-order valence-electron chi connectivity index (χ4n) is 2.47. The standard InChI is InChI=1S/C18H23NO10/c1-17(2,3)29-16(27)19(18(28,15(25)26)9-13(21)22)12(14(23)24)8-10-4-6-11(20)7-5-10/h4-7,12,20,28H,8-9H2,1-3H3,(H,21,22)(H,23,24)(H,25,26)/t12-,18?/m0/s1. The van der Waals surface area contributed by atoms with E-state index in [1.165, 1.54) is 45.0 Å². The fourth-order valence-corrected chi connectivity index (χ4v) is 2.47. The Kier molecular flexibility index (Phi) is 7.17. The number of ether oxygens (including phenoxy) is 1. The predicted molar refractivity (Wildman–Crippen MR) is 96.1 cm³/mol. The first kappa shape index (κ1) is 23.7. The van der Waals surface area contributed by atoms with Crippen LogP contribution >= 0.6 is 0 Å². The van der Waals surface area contributed by atoms with Gasteiger partial charge in [-0.2, -0.15) is 0 Å². The molecule has 29 heavy (non-hydrogen) atoms. The lowest BCUT2D eigenvalue weighted by atomic mass is 9.99. The molecule has 0 saturated heterocycles. The first-order chi connectivity index (χ1) is 13.2. The summed E-state index contributed by atoms with van der Waals surface area (Å²) >= 11 is 0. The highest BCUT2D eigenvalue weighted by atomic mass is 16.6. The highest BCUT2D eigenvalue weighted by molar-refractivity contribution is 5.90. The van der Waals surface area contributed by atoms with E-state index >= 15 is 0 Å². The Morgan fingerprint density at radius 3 is 1.93 bits per heavy atom. The van der Waals surface area contributed by atoms with Crippen LogP contribution in [0.25, 0.3) is 0 Å². The monoisotopic (exact) mass is 413 g/mol. The van der Waals surface area contributed by atoms with Crippen molar-refractivity contribution in [3.63, 3.8) is 0 Å². The van der Waals surface area contributed by atoms with E-state index in [9.17, 15) is 39.6 Å². The number of nitrogens with zero attached hydrogens (tertiary/aromatic N) is 1. The van der Waals surface area contributed by atoms with E-state index in [4.69, 9.17) is 9.84 Å². The topological polar surface area (TPSA) is 182 Å². The van der Waals surface area contributed by atoms with Gasteiger partial charge in [0, 0.05) is 6.42 Å². The second-order valence-corrected chi connectivity index (χ2v) is 7.27. The number of carbonyl (C=O) groups excluding carboxylic acids is 1. The van der Waals surface area contributed by atoms with Crippen molar-refractivity contribution in [2.45, 2.75) is 51.0 Å². The van der Waals surface area contributed by atoms with E-state index in [0.29, 0.717) is 0 Å². The van der Waals surface area contributed by atoms with Crippen molar-refractivity contribution in [1.82, 2.24) is 4.90 Å². The van der Waals surface area contributed by atoms with Gasteiger partial charge >= 0.3 is 24.0 Å². The number of carboxylic acids is 3. The van der Waals surface area contributed by atoms with Crippen molar-refractivity contribution in [2.24, 2.45) is 0 Å². The van der Waals surface area contributed by atoms with Crippen molar-refractivity contribution in [1.29, 1.82) is 0 Å². The van der Waals surface area contributed by atoms with Crippen molar-refractivity contribution in [3.8, 4) is 5.75 Å². The number of phenolic OH excluding ortho intramolecular Hbond substituents is 1. The number of carbonyl (C=O) groups is 4. The van der Waals surface area contributed by atoms with Crippen molar-refractivity contribution < 1.29 is 49.4 Å². The quantitative estimate of drug-likeness (QED) is 0.383. The van der Waals surface area contributed by atoms with Gasteiger partial charge in [-0.25, -0.2) is 14.4 Å². The highest BCUT2D eigenvalue weighted by Crippen LogP contribution is 2.26. The Morgan fingerprint density at radius 2 is 1.55 bits per heavy atom. The second-order valence-electron chi connectivity index (χ2n) is 7.27. The van der Waals surface area contributed by atoms with Gasteiger partial charge in [0.25, 0.3) is 5.72 Å². The zero-order chi connectivity index (χ0) is 22.6. The number of hydrogen-bond acceptors (Lipinski definition) is 7. The van der Waals surface area contributed by atoms with Crippen LogP contribution in [0.1, 0.15) is 32.8 Å². The van der Waals surface area contributed by atoms with Crippen LogP contribution in [0.5, 0.6) is 5.75 Å². The lowest BCUT2D eigenvalue weighted by Gasteiger charge is -2.39. The Balaban J connectivity index is 3.53. The number of carboxylic acid groups (broad SMARTS) is 3. The van der Waals surface area contributed by atoms with Gasteiger partial charge in [0.1, 0.15) is 23.8 Å². The van der Waals surface area contributed by atoms with E-state index in [1.54, 1.807) is 0 Å². The molecule has 0 radical (unpaired) electrons. The maximum Gasteiger partial charge on any atom is 0.413 e. The minimum atomic E-state index is -3.39. The van der Waals surface area contributed by atoms with Crippen LogP contribution in [-0.4, -0.2) is 71.8 Å². The van der Waals surface area contributed by atoms with E-state index in [2.05, 4.69) is 0 Å². The van der Waals surface area contributed by atoms with Gasteiger partial charge in [-0.1, -0.05) is 12.1 Å². The number of phenols is 1. The summed E-state index contributed by atoms with van der Waals surface area (Å²) in [6.07, 6.45) is -3.50. The Hall–Kier alpha value is -3.34. The lowest BCUT2D eigenvalue weighted by Crippen LogP contribution is -2.64. The van der Waals surface area contributed by atoms with Gasteiger partial charge in [-0.05, 0) is 38.5 Å². The van der Waals surface area contributed by atoms with Crippen LogP contribution in [0, 0.1) is 0 Å². The average molecular weight is 413 g/mol. The molecule has 0 aromatic heterocycles. The molecule has 5 N–H and O–H groups in total. The summed E-state index contributed by atoms with van der Waals surface area (Å²) in [5, 5.41) is 48.0. The number of benzene rings is 1.